The second kappa shape index (κ2) is 7.24. The maximum Gasteiger partial charge on any atom is 0.269 e. The fourth-order valence-electron chi connectivity index (χ4n) is 2.56. The third kappa shape index (κ3) is 3.98. The molecule has 0 radical (unpaired) electrons. The van der Waals surface area contributed by atoms with Crippen molar-refractivity contribution in [3.63, 3.8) is 0 Å². The first-order valence-electron chi connectivity index (χ1n) is 7.33. The van der Waals surface area contributed by atoms with Crippen LogP contribution in [0.4, 0.5) is 11.4 Å². The Morgan fingerprint density at radius 1 is 1.22 bits per heavy atom. The Morgan fingerprint density at radius 3 is 2.26 bits per heavy atom. The van der Waals surface area contributed by atoms with Gasteiger partial charge in [0.1, 0.15) is 0 Å². The van der Waals surface area contributed by atoms with Gasteiger partial charge >= 0.3 is 0 Å². The summed E-state index contributed by atoms with van der Waals surface area (Å²) in [7, 11) is -1.87. The van der Waals surface area contributed by atoms with E-state index >= 15 is 0 Å². The largest absolute Gasteiger partial charge is 0.383 e. The fraction of sp³-hybridized carbons (Fsp3) is 0.571. The maximum absolute atomic E-state index is 12.4. The lowest BCUT2D eigenvalue weighted by molar-refractivity contribution is -0.384. The number of nitro groups is 1. The predicted molar refractivity (Wildman–Crippen MR) is 87.1 cm³/mol. The summed E-state index contributed by atoms with van der Waals surface area (Å²) < 4.78 is 31.2. The number of sulfonamides is 1. The number of piperazine rings is 1. The molecule has 1 aromatic carbocycles. The first-order valence-corrected chi connectivity index (χ1v) is 8.84. The van der Waals surface area contributed by atoms with Gasteiger partial charge in [0.25, 0.3) is 5.69 Å². The van der Waals surface area contributed by atoms with Crippen LogP contribution >= 0.6 is 0 Å². The molecule has 1 aromatic rings. The van der Waals surface area contributed by atoms with E-state index in [1.165, 1.54) is 23.5 Å². The predicted octanol–water partition coefficient (Wildman–Crippen LogP) is 1.08. The van der Waals surface area contributed by atoms with Crippen LogP contribution in [0.1, 0.15) is 6.92 Å². The number of anilines is 1. The van der Waals surface area contributed by atoms with Crippen LogP contribution in [0.2, 0.25) is 0 Å². The molecule has 128 valence electrons. The van der Waals surface area contributed by atoms with Crippen molar-refractivity contribution in [2.45, 2.75) is 12.2 Å². The molecule has 1 heterocycles. The van der Waals surface area contributed by atoms with E-state index in [0.29, 0.717) is 26.2 Å². The van der Waals surface area contributed by atoms with Gasteiger partial charge in [-0.15, -0.1) is 0 Å². The van der Waals surface area contributed by atoms with E-state index in [1.54, 1.807) is 19.1 Å². The third-order valence-electron chi connectivity index (χ3n) is 3.93. The van der Waals surface area contributed by atoms with Gasteiger partial charge in [0, 0.05) is 51.1 Å². The Bertz CT molecular complexity index is 639. The number of hydrogen-bond acceptors (Lipinski definition) is 6. The van der Waals surface area contributed by atoms with E-state index in [1.807, 2.05) is 4.90 Å². The number of rotatable bonds is 6. The second-order valence-electron chi connectivity index (χ2n) is 5.47. The van der Waals surface area contributed by atoms with Gasteiger partial charge in [0.2, 0.25) is 10.0 Å². The van der Waals surface area contributed by atoms with Crippen molar-refractivity contribution in [2.75, 3.05) is 44.8 Å². The molecule has 9 heteroatoms. The molecule has 1 aliphatic rings. The third-order valence-corrected chi connectivity index (χ3v) is 6.17. The molecule has 0 aliphatic carbocycles. The quantitative estimate of drug-likeness (QED) is 0.567. The molecular weight excluding hydrogens is 322 g/mol. The molecule has 8 nitrogen and oxygen atoms in total. The Kier molecular flexibility index (Phi) is 5.55. The zero-order valence-electron chi connectivity index (χ0n) is 13.2. The number of benzene rings is 1. The molecule has 1 fully saturated rings. The van der Waals surface area contributed by atoms with Crippen LogP contribution in [0.15, 0.2) is 24.3 Å². The van der Waals surface area contributed by atoms with E-state index < -0.39 is 20.2 Å². The van der Waals surface area contributed by atoms with E-state index in [9.17, 15) is 18.5 Å². The SMILES string of the molecule is COCC(C)S(=O)(=O)N1CCN(c2ccc([N+](=O)[O-])cc2)CC1. The van der Waals surface area contributed by atoms with E-state index in [-0.39, 0.29) is 12.3 Å². The Balaban J connectivity index is 1.99. The number of methoxy groups -OCH3 is 1. The van der Waals surface area contributed by atoms with Gasteiger partial charge in [-0.2, -0.15) is 4.31 Å². The maximum atomic E-state index is 12.4. The van der Waals surface area contributed by atoms with Crippen molar-refractivity contribution in [1.82, 2.24) is 4.31 Å². The standard InChI is InChI=1S/C14H21N3O5S/c1-12(11-22-2)23(20,21)16-9-7-15(8-10-16)13-3-5-14(6-4-13)17(18)19/h3-6,12H,7-11H2,1-2H3. The summed E-state index contributed by atoms with van der Waals surface area (Å²) in [5, 5.41) is 10.1. The molecule has 1 unspecified atom stereocenters. The van der Waals surface area contributed by atoms with Gasteiger partial charge in [-0.25, -0.2) is 8.42 Å². The molecule has 23 heavy (non-hydrogen) atoms. The number of hydrogen-bond donors (Lipinski definition) is 0. The Labute approximate surface area is 135 Å². The summed E-state index contributed by atoms with van der Waals surface area (Å²) in [6.45, 7) is 3.71. The first-order chi connectivity index (χ1) is 10.9. The highest BCUT2D eigenvalue weighted by Crippen LogP contribution is 2.22. The topological polar surface area (TPSA) is 93.0 Å². The lowest BCUT2D eigenvalue weighted by atomic mass is 10.2. The van der Waals surface area contributed by atoms with E-state index in [0.717, 1.165) is 5.69 Å². The fourth-order valence-corrected chi connectivity index (χ4v) is 4.05. The minimum Gasteiger partial charge on any atom is -0.383 e. The van der Waals surface area contributed by atoms with E-state index in [4.69, 9.17) is 4.74 Å². The average molecular weight is 343 g/mol. The normalized spacial score (nSPS) is 17.9. The van der Waals surface area contributed by atoms with Crippen LogP contribution < -0.4 is 4.90 Å². The van der Waals surface area contributed by atoms with Gasteiger partial charge in [-0.05, 0) is 19.1 Å². The van der Waals surface area contributed by atoms with Crippen LogP contribution in [0.5, 0.6) is 0 Å². The molecule has 2 rings (SSSR count). The molecule has 1 atom stereocenters. The minimum absolute atomic E-state index is 0.0448. The molecular formula is C14H21N3O5S. The van der Waals surface area contributed by atoms with Crippen molar-refractivity contribution in [1.29, 1.82) is 0 Å². The second-order valence-corrected chi connectivity index (χ2v) is 7.82. The molecule has 0 saturated carbocycles. The van der Waals surface area contributed by atoms with Crippen LogP contribution in [0, 0.1) is 10.1 Å². The van der Waals surface area contributed by atoms with Crippen molar-refractivity contribution < 1.29 is 18.1 Å². The van der Waals surface area contributed by atoms with E-state index in [2.05, 4.69) is 0 Å². The zero-order chi connectivity index (χ0) is 17.0. The number of ether oxygens (including phenoxy) is 1. The summed E-state index contributed by atoms with van der Waals surface area (Å²) in [4.78, 5) is 12.3. The van der Waals surface area contributed by atoms with Crippen LogP contribution in [-0.2, 0) is 14.8 Å². The van der Waals surface area contributed by atoms with Gasteiger partial charge in [-0.3, -0.25) is 10.1 Å². The highest BCUT2D eigenvalue weighted by Gasteiger charge is 2.31. The lowest BCUT2D eigenvalue weighted by Crippen LogP contribution is -2.51. The monoisotopic (exact) mass is 343 g/mol. The Hall–Kier alpha value is -1.71. The van der Waals surface area contributed by atoms with Crippen LogP contribution in [0.25, 0.3) is 0 Å². The van der Waals surface area contributed by atoms with Crippen molar-refractivity contribution >= 4 is 21.4 Å². The number of nitro benzene ring substituents is 1. The van der Waals surface area contributed by atoms with Gasteiger partial charge in [-0.1, -0.05) is 0 Å². The first kappa shape index (κ1) is 17.6. The lowest BCUT2D eigenvalue weighted by Gasteiger charge is -2.36. The molecule has 0 N–H and O–H groups in total. The zero-order valence-corrected chi connectivity index (χ0v) is 14.0. The van der Waals surface area contributed by atoms with Crippen molar-refractivity contribution in [3.05, 3.63) is 34.4 Å². The molecule has 0 amide bonds. The van der Waals surface area contributed by atoms with Crippen molar-refractivity contribution in [3.8, 4) is 0 Å². The highest BCUT2D eigenvalue weighted by molar-refractivity contribution is 7.89. The molecule has 0 spiro atoms. The van der Waals surface area contributed by atoms with Gasteiger partial charge in [0.05, 0.1) is 16.8 Å². The van der Waals surface area contributed by atoms with Gasteiger partial charge < -0.3 is 9.64 Å². The summed E-state index contributed by atoms with van der Waals surface area (Å²) >= 11 is 0. The molecule has 1 saturated heterocycles. The number of nitrogens with zero attached hydrogens (tertiary/aromatic N) is 3. The molecule has 1 aliphatic heterocycles. The smallest absolute Gasteiger partial charge is 0.269 e. The summed E-state index contributed by atoms with van der Waals surface area (Å²) in [6, 6.07) is 6.30. The van der Waals surface area contributed by atoms with Gasteiger partial charge in [0.15, 0.2) is 0 Å². The van der Waals surface area contributed by atoms with Crippen LogP contribution in [0.3, 0.4) is 0 Å². The Morgan fingerprint density at radius 2 is 1.78 bits per heavy atom. The summed E-state index contributed by atoms with van der Waals surface area (Å²) in [6.07, 6.45) is 0. The highest BCUT2D eigenvalue weighted by atomic mass is 32.2. The molecule has 0 bridgehead atoms. The van der Waals surface area contributed by atoms with Crippen molar-refractivity contribution in [2.24, 2.45) is 0 Å². The summed E-state index contributed by atoms with van der Waals surface area (Å²) in [5.41, 5.74) is 0.904. The molecule has 0 aromatic heterocycles. The summed E-state index contributed by atoms with van der Waals surface area (Å²) in [5.74, 6) is 0. The minimum atomic E-state index is -3.36. The average Bonchev–Trinajstić information content (AvgIpc) is 2.55. The number of non-ortho nitro benzene ring substituents is 1. The van der Waals surface area contributed by atoms with Crippen LogP contribution in [-0.4, -0.2) is 62.8 Å².